The van der Waals surface area contributed by atoms with Gasteiger partial charge in [-0.2, -0.15) is 5.10 Å². The standard InChI is InChI=1S/C22H19N5O3/c1-12(15-10-23-24-11-15)30-22(28)14-8-17-20(19(9-14)29-2)27-21(26-17)18-7-13-5-3-4-6-16(13)25-18/h3-12,25H,1-2H3,(H,23,24)(H,26,27). The number of ether oxygens (including phenoxy) is 2. The second-order valence-electron chi connectivity index (χ2n) is 7.01. The van der Waals surface area contributed by atoms with Crippen LogP contribution in [-0.2, 0) is 4.74 Å². The maximum atomic E-state index is 12.7. The van der Waals surface area contributed by atoms with Crippen molar-refractivity contribution in [2.24, 2.45) is 0 Å². The second kappa shape index (κ2) is 7.07. The molecule has 1 atom stereocenters. The minimum absolute atomic E-state index is 0.376. The van der Waals surface area contributed by atoms with Gasteiger partial charge in [-0.3, -0.25) is 5.10 Å². The van der Waals surface area contributed by atoms with E-state index in [1.165, 1.54) is 0 Å². The van der Waals surface area contributed by atoms with Gasteiger partial charge in [-0.15, -0.1) is 0 Å². The molecular formula is C22H19N5O3. The summed E-state index contributed by atoms with van der Waals surface area (Å²) < 4.78 is 11.1. The van der Waals surface area contributed by atoms with Crippen LogP contribution in [0.1, 0.15) is 28.9 Å². The summed E-state index contributed by atoms with van der Waals surface area (Å²) in [6, 6.07) is 13.4. The third kappa shape index (κ3) is 3.08. The van der Waals surface area contributed by atoms with Crippen LogP contribution in [0.3, 0.4) is 0 Å². The molecule has 0 radical (unpaired) electrons. The first-order valence-corrected chi connectivity index (χ1v) is 9.48. The molecule has 0 aliphatic heterocycles. The van der Waals surface area contributed by atoms with Crippen molar-refractivity contribution >= 4 is 27.9 Å². The predicted molar refractivity (Wildman–Crippen MR) is 112 cm³/mol. The van der Waals surface area contributed by atoms with E-state index in [2.05, 4.69) is 25.1 Å². The van der Waals surface area contributed by atoms with E-state index in [-0.39, 0.29) is 0 Å². The number of aromatic amines is 3. The lowest BCUT2D eigenvalue weighted by Gasteiger charge is -2.12. The highest BCUT2D eigenvalue weighted by Gasteiger charge is 2.19. The van der Waals surface area contributed by atoms with Gasteiger partial charge in [0, 0.05) is 22.7 Å². The minimum atomic E-state index is -0.453. The van der Waals surface area contributed by atoms with Gasteiger partial charge in [-0.1, -0.05) is 18.2 Å². The number of imidazole rings is 1. The summed E-state index contributed by atoms with van der Waals surface area (Å²) in [6.45, 7) is 1.79. The zero-order chi connectivity index (χ0) is 20.7. The largest absolute Gasteiger partial charge is 0.494 e. The molecule has 0 saturated heterocycles. The summed E-state index contributed by atoms with van der Waals surface area (Å²) in [7, 11) is 1.55. The van der Waals surface area contributed by atoms with Crippen LogP contribution in [0.4, 0.5) is 0 Å². The Morgan fingerprint density at radius 1 is 1.10 bits per heavy atom. The molecule has 0 fully saturated rings. The van der Waals surface area contributed by atoms with Gasteiger partial charge in [0.25, 0.3) is 0 Å². The second-order valence-corrected chi connectivity index (χ2v) is 7.01. The van der Waals surface area contributed by atoms with Gasteiger partial charge in [-0.25, -0.2) is 9.78 Å². The Bertz CT molecular complexity index is 1320. The smallest absolute Gasteiger partial charge is 0.338 e. The lowest BCUT2D eigenvalue weighted by Crippen LogP contribution is -2.09. The van der Waals surface area contributed by atoms with Crippen molar-refractivity contribution in [2.75, 3.05) is 7.11 Å². The Balaban J connectivity index is 1.51. The number of nitrogens with one attached hydrogen (secondary N) is 3. The number of nitrogens with zero attached hydrogens (tertiary/aromatic N) is 2. The summed E-state index contributed by atoms with van der Waals surface area (Å²) in [4.78, 5) is 24.0. The molecule has 0 aliphatic rings. The van der Waals surface area contributed by atoms with E-state index in [4.69, 9.17) is 9.47 Å². The van der Waals surface area contributed by atoms with E-state index in [0.29, 0.717) is 28.2 Å². The Morgan fingerprint density at radius 3 is 2.73 bits per heavy atom. The summed E-state index contributed by atoms with van der Waals surface area (Å²) in [5, 5.41) is 7.70. The average Bonchev–Trinajstić information content (AvgIpc) is 3.51. The minimum Gasteiger partial charge on any atom is -0.494 e. The molecule has 1 unspecified atom stereocenters. The third-order valence-corrected chi connectivity index (χ3v) is 5.06. The molecule has 0 saturated carbocycles. The van der Waals surface area contributed by atoms with Crippen LogP contribution in [0.15, 0.2) is 54.9 Å². The third-order valence-electron chi connectivity index (χ3n) is 5.06. The van der Waals surface area contributed by atoms with E-state index in [1.807, 2.05) is 30.3 Å². The first kappa shape index (κ1) is 18.0. The molecule has 5 aromatic rings. The zero-order valence-corrected chi connectivity index (χ0v) is 16.4. The number of rotatable bonds is 5. The molecule has 0 amide bonds. The first-order valence-electron chi connectivity index (χ1n) is 9.48. The number of carbonyl (C=O) groups is 1. The molecule has 8 nitrogen and oxygen atoms in total. The number of hydrogen-bond acceptors (Lipinski definition) is 5. The molecule has 3 N–H and O–H groups in total. The Morgan fingerprint density at radius 2 is 1.97 bits per heavy atom. The van der Waals surface area contributed by atoms with Crippen LogP contribution in [-0.4, -0.2) is 38.2 Å². The van der Waals surface area contributed by atoms with Crippen molar-refractivity contribution in [3.63, 3.8) is 0 Å². The fraction of sp³-hybridized carbons (Fsp3) is 0.136. The number of para-hydroxylation sites is 1. The highest BCUT2D eigenvalue weighted by atomic mass is 16.5. The maximum absolute atomic E-state index is 12.7. The van der Waals surface area contributed by atoms with Gasteiger partial charge in [0.2, 0.25) is 0 Å². The number of benzene rings is 2. The van der Waals surface area contributed by atoms with E-state index in [9.17, 15) is 4.79 Å². The molecule has 2 aromatic carbocycles. The molecular weight excluding hydrogens is 382 g/mol. The average molecular weight is 401 g/mol. The van der Waals surface area contributed by atoms with Gasteiger partial charge in [0.1, 0.15) is 17.4 Å². The monoisotopic (exact) mass is 401 g/mol. The van der Waals surface area contributed by atoms with Crippen molar-refractivity contribution < 1.29 is 14.3 Å². The highest BCUT2D eigenvalue weighted by molar-refractivity contribution is 5.97. The Labute approximate surface area is 171 Å². The van der Waals surface area contributed by atoms with Gasteiger partial charge < -0.3 is 19.4 Å². The van der Waals surface area contributed by atoms with E-state index in [1.54, 1.807) is 38.6 Å². The summed E-state index contributed by atoms with van der Waals surface area (Å²) in [6.07, 6.45) is 2.90. The molecule has 30 heavy (non-hydrogen) atoms. The van der Waals surface area contributed by atoms with Crippen molar-refractivity contribution in [2.45, 2.75) is 13.0 Å². The molecule has 0 bridgehead atoms. The van der Waals surface area contributed by atoms with Crippen LogP contribution in [0.25, 0.3) is 33.5 Å². The fourth-order valence-electron chi connectivity index (χ4n) is 3.47. The van der Waals surface area contributed by atoms with Crippen molar-refractivity contribution in [1.82, 2.24) is 25.1 Å². The van der Waals surface area contributed by atoms with Crippen LogP contribution >= 0.6 is 0 Å². The first-order chi connectivity index (χ1) is 14.6. The predicted octanol–water partition coefficient (Wildman–Crippen LogP) is 4.36. The molecule has 8 heteroatoms. The van der Waals surface area contributed by atoms with Gasteiger partial charge >= 0.3 is 5.97 Å². The fourth-order valence-corrected chi connectivity index (χ4v) is 3.47. The van der Waals surface area contributed by atoms with E-state index >= 15 is 0 Å². The number of H-pyrrole nitrogens is 3. The molecule has 150 valence electrons. The van der Waals surface area contributed by atoms with Crippen LogP contribution in [0.2, 0.25) is 0 Å². The van der Waals surface area contributed by atoms with Crippen LogP contribution < -0.4 is 4.74 Å². The normalized spacial score (nSPS) is 12.3. The maximum Gasteiger partial charge on any atom is 0.338 e. The van der Waals surface area contributed by atoms with Crippen molar-refractivity contribution in [1.29, 1.82) is 0 Å². The van der Waals surface area contributed by atoms with Gasteiger partial charge in [-0.05, 0) is 31.2 Å². The number of fused-ring (bicyclic) bond motifs is 2. The van der Waals surface area contributed by atoms with Crippen molar-refractivity contribution in [3.05, 3.63) is 66.0 Å². The zero-order valence-electron chi connectivity index (χ0n) is 16.4. The summed E-state index contributed by atoms with van der Waals surface area (Å²) in [5.74, 6) is 0.705. The van der Waals surface area contributed by atoms with Gasteiger partial charge in [0.15, 0.2) is 5.82 Å². The van der Waals surface area contributed by atoms with E-state index < -0.39 is 12.1 Å². The van der Waals surface area contributed by atoms with E-state index in [0.717, 1.165) is 22.2 Å². The lowest BCUT2D eigenvalue weighted by atomic mass is 10.1. The van der Waals surface area contributed by atoms with Crippen LogP contribution in [0.5, 0.6) is 5.75 Å². The lowest BCUT2D eigenvalue weighted by molar-refractivity contribution is 0.0338. The quantitative estimate of drug-likeness (QED) is 0.379. The molecule has 0 spiro atoms. The SMILES string of the molecule is COc1cc(C(=O)OC(C)c2cn[nH]c2)cc2[nH]c(-c3cc4ccccc4[nH]3)nc12. The Kier molecular flexibility index (Phi) is 4.24. The topological polar surface area (TPSA) is 109 Å². The molecule has 5 rings (SSSR count). The molecule has 3 heterocycles. The van der Waals surface area contributed by atoms with Crippen LogP contribution in [0, 0.1) is 0 Å². The molecule has 0 aliphatic carbocycles. The number of methoxy groups -OCH3 is 1. The number of carbonyl (C=O) groups excluding carboxylic acids is 1. The number of hydrogen-bond donors (Lipinski definition) is 3. The summed E-state index contributed by atoms with van der Waals surface area (Å²) >= 11 is 0. The number of aromatic nitrogens is 5. The van der Waals surface area contributed by atoms with Gasteiger partial charge in [0.05, 0.1) is 30.1 Å². The highest BCUT2D eigenvalue weighted by Crippen LogP contribution is 2.31. The number of esters is 1. The molecule has 3 aromatic heterocycles. The Hall–Kier alpha value is -4.07. The summed E-state index contributed by atoms with van der Waals surface area (Å²) in [5.41, 5.74) is 4.38. The van der Waals surface area contributed by atoms with Crippen molar-refractivity contribution in [3.8, 4) is 17.3 Å².